The molecule has 23 heavy (non-hydrogen) atoms. The van der Waals surface area contributed by atoms with Crippen molar-refractivity contribution in [3.63, 3.8) is 0 Å². The van der Waals surface area contributed by atoms with E-state index in [4.69, 9.17) is 9.47 Å². The summed E-state index contributed by atoms with van der Waals surface area (Å²) in [6.45, 7) is 2.06. The molecule has 2 aromatic carbocycles. The fourth-order valence-corrected chi connectivity index (χ4v) is 2.84. The number of nitrogens with zero attached hydrogens (tertiary/aromatic N) is 1. The zero-order valence-electron chi connectivity index (χ0n) is 12.7. The van der Waals surface area contributed by atoms with Gasteiger partial charge in [-0.1, -0.05) is 36.4 Å². The Labute approximate surface area is 135 Å². The monoisotopic (exact) mass is 306 g/mol. The van der Waals surface area contributed by atoms with Crippen molar-refractivity contribution in [2.45, 2.75) is 12.6 Å². The van der Waals surface area contributed by atoms with Gasteiger partial charge in [0.2, 0.25) is 0 Å². The first kappa shape index (κ1) is 14.0. The largest absolute Gasteiger partial charge is 0.486 e. The van der Waals surface area contributed by atoms with Crippen LogP contribution in [-0.4, -0.2) is 24.2 Å². The molecule has 116 valence electrons. The summed E-state index contributed by atoms with van der Waals surface area (Å²) in [6, 6.07) is 18.1. The molecule has 0 saturated heterocycles. The number of hydrogen-bond donors (Lipinski definition) is 1. The highest BCUT2D eigenvalue weighted by Gasteiger charge is 2.20. The van der Waals surface area contributed by atoms with Crippen LogP contribution < -0.4 is 14.8 Å². The lowest BCUT2D eigenvalue weighted by Crippen LogP contribution is -2.38. The molecule has 1 aromatic heterocycles. The van der Waals surface area contributed by atoms with Crippen molar-refractivity contribution in [3.05, 3.63) is 66.4 Å². The molecule has 0 fully saturated rings. The minimum atomic E-state index is 0.0211. The molecule has 1 aliphatic rings. The third-order valence-corrected chi connectivity index (χ3v) is 3.97. The zero-order valence-corrected chi connectivity index (χ0v) is 12.7. The summed E-state index contributed by atoms with van der Waals surface area (Å²) in [7, 11) is 0. The number of pyridine rings is 1. The number of nitrogens with one attached hydrogen (secondary N) is 1. The Morgan fingerprint density at radius 1 is 1.00 bits per heavy atom. The van der Waals surface area contributed by atoms with Crippen LogP contribution in [-0.2, 0) is 6.54 Å². The maximum absolute atomic E-state index is 5.95. The average Bonchev–Trinajstić information content (AvgIpc) is 2.62. The van der Waals surface area contributed by atoms with E-state index in [9.17, 15) is 0 Å². The van der Waals surface area contributed by atoms with Crippen molar-refractivity contribution in [2.24, 2.45) is 0 Å². The second-order valence-electron chi connectivity index (χ2n) is 5.62. The molecule has 0 unspecified atom stereocenters. The SMILES string of the molecule is c1ccc2c(c1)OC[C@@H](CNCc1cccc3cccnc13)O2. The molecule has 4 nitrogen and oxygen atoms in total. The summed E-state index contributed by atoms with van der Waals surface area (Å²) in [5.74, 6) is 1.64. The molecule has 3 aromatic rings. The minimum absolute atomic E-state index is 0.0211. The van der Waals surface area contributed by atoms with Gasteiger partial charge in [-0.3, -0.25) is 4.98 Å². The van der Waals surface area contributed by atoms with Gasteiger partial charge >= 0.3 is 0 Å². The van der Waals surface area contributed by atoms with Gasteiger partial charge in [0.1, 0.15) is 12.7 Å². The normalized spacial score (nSPS) is 16.4. The Morgan fingerprint density at radius 2 is 1.87 bits per heavy atom. The maximum Gasteiger partial charge on any atom is 0.161 e. The lowest BCUT2D eigenvalue weighted by atomic mass is 10.1. The summed E-state index contributed by atoms with van der Waals surface area (Å²) in [4.78, 5) is 4.48. The molecule has 1 atom stereocenters. The van der Waals surface area contributed by atoms with Gasteiger partial charge in [0.05, 0.1) is 5.52 Å². The van der Waals surface area contributed by atoms with Gasteiger partial charge in [-0.05, 0) is 23.8 Å². The van der Waals surface area contributed by atoms with Crippen molar-refractivity contribution in [1.29, 1.82) is 0 Å². The molecule has 1 aliphatic heterocycles. The Kier molecular flexibility index (Phi) is 3.82. The summed E-state index contributed by atoms with van der Waals surface area (Å²) in [6.07, 6.45) is 1.86. The van der Waals surface area contributed by atoms with Crippen LogP contribution in [0.4, 0.5) is 0 Å². The summed E-state index contributed by atoms with van der Waals surface area (Å²) < 4.78 is 11.7. The van der Waals surface area contributed by atoms with Crippen molar-refractivity contribution in [3.8, 4) is 11.5 Å². The number of para-hydroxylation sites is 3. The molecule has 4 heteroatoms. The first-order valence-electron chi connectivity index (χ1n) is 7.82. The predicted octanol–water partition coefficient (Wildman–Crippen LogP) is 3.16. The van der Waals surface area contributed by atoms with Gasteiger partial charge in [0.15, 0.2) is 11.5 Å². The molecule has 0 aliphatic carbocycles. The van der Waals surface area contributed by atoms with E-state index in [0.717, 1.165) is 35.5 Å². The molecule has 0 amide bonds. The van der Waals surface area contributed by atoms with Gasteiger partial charge in [-0.2, -0.15) is 0 Å². The number of aromatic nitrogens is 1. The van der Waals surface area contributed by atoms with E-state index >= 15 is 0 Å². The number of hydrogen-bond acceptors (Lipinski definition) is 4. The predicted molar refractivity (Wildman–Crippen MR) is 89.8 cm³/mol. The lowest BCUT2D eigenvalue weighted by Gasteiger charge is -2.26. The summed E-state index contributed by atoms with van der Waals surface area (Å²) in [5, 5.41) is 4.61. The first-order chi connectivity index (χ1) is 11.4. The van der Waals surface area contributed by atoms with Crippen LogP contribution in [0.5, 0.6) is 11.5 Å². The molecule has 0 bridgehead atoms. The Hall–Kier alpha value is -2.59. The minimum Gasteiger partial charge on any atom is -0.486 e. The van der Waals surface area contributed by atoms with Crippen LogP contribution in [0.2, 0.25) is 0 Å². The van der Waals surface area contributed by atoms with E-state index in [0.29, 0.717) is 6.61 Å². The smallest absolute Gasteiger partial charge is 0.161 e. The summed E-state index contributed by atoms with van der Waals surface area (Å²) in [5.41, 5.74) is 2.24. The van der Waals surface area contributed by atoms with Crippen LogP contribution in [0.15, 0.2) is 60.8 Å². The third-order valence-electron chi connectivity index (χ3n) is 3.97. The van der Waals surface area contributed by atoms with Crippen LogP contribution in [0.3, 0.4) is 0 Å². The molecule has 2 heterocycles. The van der Waals surface area contributed by atoms with E-state index in [2.05, 4.69) is 34.6 Å². The number of fused-ring (bicyclic) bond motifs is 2. The molecular formula is C19H18N2O2. The molecular weight excluding hydrogens is 288 g/mol. The lowest BCUT2D eigenvalue weighted by molar-refractivity contribution is 0.0902. The second-order valence-corrected chi connectivity index (χ2v) is 5.62. The Bertz CT molecular complexity index is 814. The highest BCUT2D eigenvalue weighted by atomic mass is 16.6. The standard InChI is InChI=1S/C19H18N2O2/c1-2-9-18-17(8-1)22-13-16(23-18)12-20-11-15-6-3-5-14-7-4-10-21-19(14)15/h1-10,16,20H,11-13H2/t16-/m1/s1. The van der Waals surface area contributed by atoms with Crippen LogP contribution in [0, 0.1) is 0 Å². The second kappa shape index (κ2) is 6.26. The van der Waals surface area contributed by atoms with E-state index in [1.807, 2.05) is 36.5 Å². The topological polar surface area (TPSA) is 43.4 Å². The Balaban J connectivity index is 1.39. The zero-order chi connectivity index (χ0) is 15.5. The fourth-order valence-electron chi connectivity index (χ4n) is 2.84. The fraction of sp³-hybridized carbons (Fsp3) is 0.211. The van der Waals surface area contributed by atoms with E-state index in [-0.39, 0.29) is 6.10 Å². The van der Waals surface area contributed by atoms with Crippen molar-refractivity contribution < 1.29 is 9.47 Å². The molecule has 0 spiro atoms. The van der Waals surface area contributed by atoms with Gasteiger partial charge in [-0.25, -0.2) is 0 Å². The van der Waals surface area contributed by atoms with Crippen LogP contribution >= 0.6 is 0 Å². The summed E-state index contributed by atoms with van der Waals surface area (Å²) >= 11 is 0. The van der Waals surface area contributed by atoms with Crippen LogP contribution in [0.1, 0.15) is 5.56 Å². The number of rotatable bonds is 4. The first-order valence-corrected chi connectivity index (χ1v) is 7.82. The van der Waals surface area contributed by atoms with E-state index in [1.165, 1.54) is 5.56 Å². The van der Waals surface area contributed by atoms with E-state index in [1.54, 1.807) is 0 Å². The average molecular weight is 306 g/mol. The third kappa shape index (κ3) is 2.98. The highest BCUT2D eigenvalue weighted by Crippen LogP contribution is 2.30. The molecule has 0 radical (unpaired) electrons. The van der Waals surface area contributed by atoms with Crippen LogP contribution in [0.25, 0.3) is 10.9 Å². The molecule has 4 rings (SSSR count). The number of ether oxygens (including phenoxy) is 2. The van der Waals surface area contributed by atoms with Gasteiger partial charge in [0, 0.05) is 24.7 Å². The van der Waals surface area contributed by atoms with Crippen molar-refractivity contribution in [1.82, 2.24) is 10.3 Å². The van der Waals surface area contributed by atoms with Gasteiger partial charge in [-0.15, -0.1) is 0 Å². The van der Waals surface area contributed by atoms with Crippen molar-refractivity contribution in [2.75, 3.05) is 13.2 Å². The Morgan fingerprint density at radius 3 is 2.83 bits per heavy atom. The quantitative estimate of drug-likeness (QED) is 0.804. The van der Waals surface area contributed by atoms with E-state index < -0.39 is 0 Å². The molecule has 1 N–H and O–H groups in total. The van der Waals surface area contributed by atoms with Gasteiger partial charge < -0.3 is 14.8 Å². The van der Waals surface area contributed by atoms with Gasteiger partial charge in [0.25, 0.3) is 0 Å². The van der Waals surface area contributed by atoms with Crippen molar-refractivity contribution >= 4 is 10.9 Å². The number of benzene rings is 2. The maximum atomic E-state index is 5.95. The highest BCUT2D eigenvalue weighted by molar-refractivity contribution is 5.81. The molecule has 0 saturated carbocycles.